The van der Waals surface area contributed by atoms with Gasteiger partial charge in [-0.2, -0.15) is 5.10 Å². The van der Waals surface area contributed by atoms with Crippen LogP contribution in [0.4, 0.5) is 10.5 Å². The van der Waals surface area contributed by atoms with Gasteiger partial charge in [0.15, 0.2) is 5.15 Å². The number of amides is 1. The number of nitrogens with zero attached hydrogens (tertiary/aromatic N) is 3. The molecule has 8 nitrogen and oxygen atoms in total. The fourth-order valence-electron chi connectivity index (χ4n) is 2.16. The van der Waals surface area contributed by atoms with Crippen LogP contribution in [0.25, 0.3) is 0 Å². The highest BCUT2D eigenvalue weighted by molar-refractivity contribution is 6.46. The van der Waals surface area contributed by atoms with Gasteiger partial charge in [0.2, 0.25) is 0 Å². The zero-order chi connectivity index (χ0) is 18.6. The highest BCUT2D eigenvalue weighted by Crippen LogP contribution is 2.36. The number of aromatic nitrogens is 1. The Balaban J connectivity index is 2.10. The summed E-state index contributed by atoms with van der Waals surface area (Å²) in [6.07, 6.45) is 0.681. The number of carbonyl (C=O) groups excluding carboxylic acids is 2. The van der Waals surface area contributed by atoms with Crippen molar-refractivity contribution in [1.29, 1.82) is 0 Å². The van der Waals surface area contributed by atoms with Gasteiger partial charge in [0.05, 0.1) is 23.3 Å². The van der Waals surface area contributed by atoms with E-state index in [1.54, 1.807) is 11.8 Å². The van der Waals surface area contributed by atoms with Crippen LogP contribution in [0.5, 0.6) is 0 Å². The first-order chi connectivity index (χ1) is 11.8. The molecule has 0 aromatic carbocycles. The number of ether oxygens (including phenoxy) is 1. The van der Waals surface area contributed by atoms with E-state index in [0.29, 0.717) is 32.5 Å². The maximum atomic E-state index is 11.6. The number of rotatable bonds is 4. The van der Waals surface area contributed by atoms with E-state index in [9.17, 15) is 14.7 Å². The molecule has 2 heterocycles. The summed E-state index contributed by atoms with van der Waals surface area (Å²) >= 11 is 17.8. The van der Waals surface area contributed by atoms with Gasteiger partial charge < -0.3 is 19.5 Å². The lowest BCUT2D eigenvalue weighted by molar-refractivity contribution is -0.255. The number of carboxylic acid groups (broad SMARTS) is 1. The van der Waals surface area contributed by atoms with Crippen LogP contribution in [0.1, 0.15) is 30.3 Å². The Hall–Kier alpha value is -1.77. The van der Waals surface area contributed by atoms with Crippen molar-refractivity contribution in [2.24, 2.45) is 5.10 Å². The summed E-state index contributed by atoms with van der Waals surface area (Å²) in [5.41, 5.74) is 2.89. The number of aromatic carboxylic acids is 1. The molecule has 1 amide bonds. The van der Waals surface area contributed by atoms with Crippen molar-refractivity contribution in [2.75, 3.05) is 25.1 Å². The molecule has 1 aromatic rings. The third-order valence-electron chi connectivity index (χ3n) is 3.42. The molecular formula is C14H14Cl3N4O4-. The molecule has 1 aliphatic rings. The second kappa shape index (κ2) is 8.55. The largest absolute Gasteiger partial charge is 0.543 e. The molecule has 0 radical (unpaired) electrons. The van der Waals surface area contributed by atoms with E-state index in [2.05, 4.69) is 15.5 Å². The van der Waals surface area contributed by atoms with E-state index >= 15 is 0 Å². The zero-order valence-corrected chi connectivity index (χ0v) is 15.4. The fraction of sp³-hybridized carbons (Fsp3) is 0.429. The number of hydrogen-bond donors (Lipinski definition) is 1. The van der Waals surface area contributed by atoms with E-state index in [0.717, 1.165) is 5.71 Å². The second-order valence-electron chi connectivity index (χ2n) is 5.02. The molecular weight excluding hydrogens is 395 g/mol. The number of carboxylic acids is 1. The van der Waals surface area contributed by atoms with E-state index < -0.39 is 11.7 Å². The Bertz CT molecular complexity index is 717. The molecule has 0 atom stereocenters. The number of nitrogens with one attached hydrogen (secondary N) is 1. The maximum Gasteiger partial charge on any atom is 0.409 e. The number of likely N-dealkylation sites (tertiary alicyclic amines) is 1. The van der Waals surface area contributed by atoms with Gasteiger partial charge in [0.25, 0.3) is 0 Å². The van der Waals surface area contributed by atoms with Crippen LogP contribution in [-0.4, -0.2) is 47.4 Å². The summed E-state index contributed by atoms with van der Waals surface area (Å²) < 4.78 is 4.94. The SMILES string of the molecule is CCOC(=O)N1CCC(=NNc2c(Cl)c(Cl)nc(C(=O)[O-])c2Cl)CC1. The lowest BCUT2D eigenvalue weighted by Crippen LogP contribution is -2.39. The molecule has 25 heavy (non-hydrogen) atoms. The van der Waals surface area contributed by atoms with Crippen LogP contribution in [0.3, 0.4) is 0 Å². The van der Waals surface area contributed by atoms with Crippen molar-refractivity contribution >= 4 is 58.3 Å². The van der Waals surface area contributed by atoms with Gasteiger partial charge in [-0.1, -0.05) is 34.8 Å². The summed E-state index contributed by atoms with van der Waals surface area (Å²) in [5, 5.41) is 14.7. The first-order valence-corrected chi connectivity index (χ1v) is 8.47. The van der Waals surface area contributed by atoms with Crippen LogP contribution in [-0.2, 0) is 4.74 Å². The number of hydrazone groups is 1. The van der Waals surface area contributed by atoms with E-state index in [1.165, 1.54) is 0 Å². The zero-order valence-electron chi connectivity index (χ0n) is 13.1. The Morgan fingerprint density at radius 3 is 2.48 bits per heavy atom. The molecule has 1 aromatic heterocycles. The lowest BCUT2D eigenvalue weighted by atomic mass is 10.1. The summed E-state index contributed by atoms with van der Waals surface area (Å²) in [4.78, 5) is 27.8. The van der Waals surface area contributed by atoms with Crippen molar-refractivity contribution in [3.63, 3.8) is 0 Å². The third-order valence-corrected chi connectivity index (χ3v) is 4.53. The molecule has 0 bridgehead atoms. The quantitative estimate of drug-likeness (QED) is 0.605. The fourth-order valence-corrected chi connectivity index (χ4v) is 2.82. The van der Waals surface area contributed by atoms with Gasteiger partial charge in [-0.25, -0.2) is 9.78 Å². The van der Waals surface area contributed by atoms with Crippen molar-refractivity contribution < 1.29 is 19.4 Å². The minimum Gasteiger partial charge on any atom is -0.543 e. The number of piperidine rings is 1. The number of carbonyl (C=O) groups is 2. The molecule has 1 saturated heterocycles. The maximum absolute atomic E-state index is 11.6. The standard InChI is InChI=1S/C14H15Cl3N4O4/c1-2-25-14(24)21-5-3-7(4-6-21)19-20-10-8(15)11(13(22)23)18-12(17)9(10)16/h2-6H2,1H3,(H,18,20)(H,22,23)/p-1. The van der Waals surface area contributed by atoms with Gasteiger partial charge in [-0.15, -0.1) is 0 Å². The lowest BCUT2D eigenvalue weighted by Gasteiger charge is -2.26. The van der Waals surface area contributed by atoms with Crippen molar-refractivity contribution in [2.45, 2.75) is 19.8 Å². The van der Waals surface area contributed by atoms with Crippen LogP contribution in [0, 0.1) is 0 Å². The Labute approximate surface area is 158 Å². The average Bonchev–Trinajstić information content (AvgIpc) is 2.58. The monoisotopic (exact) mass is 407 g/mol. The number of anilines is 1. The first-order valence-electron chi connectivity index (χ1n) is 7.34. The molecule has 0 saturated carbocycles. The van der Waals surface area contributed by atoms with Gasteiger partial charge in [0.1, 0.15) is 10.7 Å². The number of hydrogen-bond acceptors (Lipinski definition) is 7. The van der Waals surface area contributed by atoms with Gasteiger partial charge in [-0.3, -0.25) is 5.43 Å². The second-order valence-corrected chi connectivity index (χ2v) is 6.13. The predicted octanol–water partition coefficient (Wildman–Crippen LogP) is 2.43. The van der Waals surface area contributed by atoms with Gasteiger partial charge >= 0.3 is 6.09 Å². The van der Waals surface area contributed by atoms with Crippen LogP contribution in [0.15, 0.2) is 5.10 Å². The summed E-state index contributed by atoms with van der Waals surface area (Å²) in [5.74, 6) is -1.58. The molecule has 136 valence electrons. The molecule has 1 fully saturated rings. The molecule has 0 aliphatic carbocycles. The Morgan fingerprint density at radius 2 is 1.92 bits per heavy atom. The highest BCUT2D eigenvalue weighted by atomic mass is 35.5. The van der Waals surface area contributed by atoms with Crippen LogP contribution < -0.4 is 10.5 Å². The third kappa shape index (κ3) is 4.65. The molecule has 1 N–H and O–H groups in total. The number of pyridine rings is 1. The normalized spacial score (nSPS) is 14.2. The van der Waals surface area contributed by atoms with Gasteiger partial charge in [-0.05, 0) is 6.92 Å². The van der Waals surface area contributed by atoms with Crippen molar-refractivity contribution in [3.8, 4) is 0 Å². The number of halogens is 3. The van der Waals surface area contributed by atoms with E-state index in [4.69, 9.17) is 39.5 Å². The smallest absolute Gasteiger partial charge is 0.409 e. The topological polar surface area (TPSA) is 107 Å². The molecule has 2 rings (SSSR count). The molecule has 0 unspecified atom stereocenters. The van der Waals surface area contributed by atoms with Gasteiger partial charge in [0, 0.05) is 31.6 Å². The van der Waals surface area contributed by atoms with Crippen molar-refractivity contribution in [3.05, 3.63) is 20.9 Å². The minimum absolute atomic E-state index is 0.0304. The minimum atomic E-state index is -1.58. The Kier molecular flexibility index (Phi) is 6.69. The van der Waals surface area contributed by atoms with Crippen LogP contribution in [0.2, 0.25) is 15.2 Å². The summed E-state index contributed by atoms with van der Waals surface area (Å²) in [7, 11) is 0. The van der Waals surface area contributed by atoms with Crippen molar-refractivity contribution in [1.82, 2.24) is 9.88 Å². The highest BCUT2D eigenvalue weighted by Gasteiger charge is 2.21. The van der Waals surface area contributed by atoms with E-state index in [1.807, 2.05) is 0 Å². The first kappa shape index (κ1) is 19.6. The summed E-state index contributed by atoms with van der Waals surface area (Å²) in [6.45, 7) is 2.98. The average molecular weight is 409 g/mol. The van der Waals surface area contributed by atoms with Crippen LogP contribution >= 0.6 is 34.8 Å². The molecule has 11 heteroatoms. The summed E-state index contributed by atoms with van der Waals surface area (Å²) in [6, 6.07) is 0. The van der Waals surface area contributed by atoms with E-state index in [-0.39, 0.29) is 27.0 Å². The predicted molar refractivity (Wildman–Crippen MR) is 92.5 cm³/mol. The Morgan fingerprint density at radius 1 is 1.28 bits per heavy atom. The molecule has 1 aliphatic heterocycles. The molecule has 0 spiro atoms.